The van der Waals surface area contributed by atoms with Crippen molar-refractivity contribution in [3.8, 4) is 5.75 Å². The molecule has 0 spiro atoms. The maximum absolute atomic E-state index is 13.4. The fourth-order valence-electron chi connectivity index (χ4n) is 4.29. The molecule has 3 N–H and O–H groups in total. The average molecular weight is 549 g/mol. The Morgan fingerprint density at radius 3 is 2.41 bits per heavy atom. The predicted octanol–water partition coefficient (Wildman–Crippen LogP) is 3.48. The third-order valence-corrected chi connectivity index (χ3v) is 6.91. The van der Waals surface area contributed by atoms with Crippen LogP contribution in [0.25, 0.3) is 0 Å². The van der Waals surface area contributed by atoms with Crippen LogP contribution in [0.2, 0.25) is 0 Å². The van der Waals surface area contributed by atoms with Gasteiger partial charge in [-0.3, -0.25) is 19.2 Å². The molecule has 0 radical (unpaired) electrons. The van der Waals surface area contributed by atoms with E-state index in [0.29, 0.717) is 25.7 Å². The number of carbonyl (C=O) groups excluding carboxylic acids is 5. The molecule has 1 heterocycles. The van der Waals surface area contributed by atoms with Gasteiger partial charge in [-0.25, -0.2) is 4.79 Å². The van der Waals surface area contributed by atoms with Crippen molar-refractivity contribution in [2.75, 3.05) is 5.32 Å². The van der Waals surface area contributed by atoms with Gasteiger partial charge < -0.3 is 30.0 Å². The highest BCUT2D eigenvalue weighted by Crippen LogP contribution is 2.29. The maximum atomic E-state index is 13.4. The highest BCUT2D eigenvalue weighted by molar-refractivity contribution is 6.01. The Labute approximate surface area is 228 Å². The second-order valence-electron chi connectivity index (χ2n) is 9.87. The summed E-state index contributed by atoms with van der Waals surface area (Å²) in [5.41, 5.74) is -0.213. The number of nitrogens with one attached hydrogen (secondary N) is 2. The van der Waals surface area contributed by atoms with E-state index >= 15 is 0 Å². The lowest BCUT2D eigenvalue weighted by Gasteiger charge is -2.30. The summed E-state index contributed by atoms with van der Waals surface area (Å²) in [5.74, 6) is -4.70. The third kappa shape index (κ3) is 8.43. The molecule has 0 bridgehead atoms. The number of unbranched alkanes of at least 4 members (excludes halogenated alkanes) is 3. The molecule has 6 unspecified atom stereocenters. The minimum atomic E-state index is -1.42. The molecular formula is C28H40N2O9. The predicted molar refractivity (Wildman–Crippen MR) is 142 cm³/mol. The Morgan fingerprint density at radius 1 is 1.08 bits per heavy atom. The van der Waals surface area contributed by atoms with Crippen molar-refractivity contribution in [1.29, 1.82) is 0 Å². The second-order valence-corrected chi connectivity index (χ2v) is 9.87. The number of cyclic esters (lactones) is 2. The largest absolute Gasteiger partial charge is 0.505 e. The Balaban J connectivity index is 2.35. The van der Waals surface area contributed by atoms with E-state index < -0.39 is 65.8 Å². The Bertz CT molecular complexity index is 1030. The van der Waals surface area contributed by atoms with Gasteiger partial charge in [0.15, 0.2) is 17.9 Å². The zero-order valence-electron chi connectivity index (χ0n) is 23.2. The Hall–Kier alpha value is -3.63. The van der Waals surface area contributed by atoms with E-state index in [-0.39, 0.29) is 11.3 Å². The minimum Gasteiger partial charge on any atom is -0.505 e. The standard InChI is InChI=1S/C28H40N2O9/c1-6-8-9-10-12-20-24(39-26(34)16(3)7-2)18(5)38-28(36)22(17(4)37-27(20)35)30-25(33)19-13-11-14-21(23(19)32)29-15-31/h11,13-18,20,22,24,32H,6-10,12H2,1-5H3,(H,29,31)(H,30,33). The molecule has 6 atom stereocenters. The average Bonchev–Trinajstić information content (AvgIpc) is 2.92. The van der Waals surface area contributed by atoms with Crippen molar-refractivity contribution in [2.24, 2.45) is 11.8 Å². The van der Waals surface area contributed by atoms with E-state index in [4.69, 9.17) is 14.2 Å². The van der Waals surface area contributed by atoms with Crippen LogP contribution in [0.4, 0.5) is 5.69 Å². The number of anilines is 1. The summed E-state index contributed by atoms with van der Waals surface area (Å²) in [6.45, 7) is 8.60. The van der Waals surface area contributed by atoms with Crippen LogP contribution in [0.1, 0.15) is 83.5 Å². The number of hydrogen-bond acceptors (Lipinski definition) is 9. The van der Waals surface area contributed by atoms with Gasteiger partial charge in [0.2, 0.25) is 6.41 Å². The van der Waals surface area contributed by atoms with Crippen LogP contribution < -0.4 is 10.6 Å². The van der Waals surface area contributed by atoms with Crippen LogP contribution in [0.5, 0.6) is 5.75 Å². The van der Waals surface area contributed by atoms with Crippen molar-refractivity contribution >= 4 is 35.9 Å². The third-order valence-electron chi connectivity index (χ3n) is 6.91. The number of para-hydroxylation sites is 1. The van der Waals surface area contributed by atoms with E-state index in [2.05, 4.69) is 17.6 Å². The number of ether oxygens (including phenoxy) is 3. The van der Waals surface area contributed by atoms with E-state index in [0.717, 1.165) is 19.3 Å². The van der Waals surface area contributed by atoms with Gasteiger partial charge in [0, 0.05) is 0 Å². The topological polar surface area (TPSA) is 157 Å². The molecular weight excluding hydrogens is 508 g/mol. The van der Waals surface area contributed by atoms with Gasteiger partial charge in [-0.1, -0.05) is 52.5 Å². The molecule has 1 aliphatic rings. The first-order valence-corrected chi connectivity index (χ1v) is 13.5. The number of esters is 3. The zero-order valence-corrected chi connectivity index (χ0v) is 23.2. The quantitative estimate of drug-likeness (QED) is 0.117. The summed E-state index contributed by atoms with van der Waals surface area (Å²) in [5, 5.41) is 15.1. The fourth-order valence-corrected chi connectivity index (χ4v) is 4.29. The van der Waals surface area contributed by atoms with Crippen molar-refractivity contribution in [3.63, 3.8) is 0 Å². The van der Waals surface area contributed by atoms with E-state index in [1.165, 1.54) is 32.0 Å². The lowest BCUT2D eigenvalue weighted by Crippen LogP contribution is -2.50. The summed E-state index contributed by atoms with van der Waals surface area (Å²) in [6.07, 6.45) is 1.57. The maximum Gasteiger partial charge on any atom is 0.332 e. The van der Waals surface area contributed by atoms with Gasteiger partial charge >= 0.3 is 17.9 Å². The first-order chi connectivity index (χ1) is 18.5. The molecule has 216 valence electrons. The lowest BCUT2D eigenvalue weighted by molar-refractivity contribution is -0.177. The highest BCUT2D eigenvalue weighted by atomic mass is 16.6. The number of rotatable bonds is 12. The van der Waals surface area contributed by atoms with Crippen molar-refractivity contribution in [2.45, 2.75) is 97.5 Å². The molecule has 11 heteroatoms. The van der Waals surface area contributed by atoms with Gasteiger partial charge in [-0.15, -0.1) is 0 Å². The number of hydrogen-bond donors (Lipinski definition) is 3. The highest BCUT2D eigenvalue weighted by Gasteiger charge is 2.44. The monoisotopic (exact) mass is 548 g/mol. The van der Waals surface area contributed by atoms with Gasteiger partial charge in [-0.2, -0.15) is 0 Å². The van der Waals surface area contributed by atoms with Crippen molar-refractivity contribution in [3.05, 3.63) is 23.8 Å². The molecule has 2 rings (SSSR count). The van der Waals surface area contributed by atoms with Crippen LogP contribution in [0, 0.1) is 11.8 Å². The smallest absolute Gasteiger partial charge is 0.332 e. The molecule has 1 aromatic carbocycles. The molecule has 39 heavy (non-hydrogen) atoms. The van der Waals surface area contributed by atoms with Gasteiger partial charge in [0.05, 0.1) is 23.1 Å². The first kappa shape index (κ1) is 31.6. The van der Waals surface area contributed by atoms with E-state index in [1.807, 2.05) is 6.92 Å². The second kappa shape index (κ2) is 15.1. The first-order valence-electron chi connectivity index (χ1n) is 13.5. The number of aromatic hydroxyl groups is 1. The summed E-state index contributed by atoms with van der Waals surface area (Å²) in [4.78, 5) is 63.1. The number of carbonyl (C=O) groups is 5. The summed E-state index contributed by atoms with van der Waals surface area (Å²) in [6, 6.07) is 2.71. The van der Waals surface area contributed by atoms with Gasteiger partial charge in [-0.05, 0) is 38.8 Å². The molecule has 2 amide bonds. The molecule has 1 aliphatic heterocycles. The SMILES string of the molecule is CCCCCCC1C(=O)OC(C)C(NC(=O)c2cccc(NC=O)c2O)C(=O)OC(C)C1OC(=O)C(C)CC. The summed E-state index contributed by atoms with van der Waals surface area (Å²) >= 11 is 0. The van der Waals surface area contributed by atoms with Crippen LogP contribution in [-0.4, -0.2) is 59.7 Å². The number of phenols is 1. The molecule has 1 aromatic rings. The molecule has 0 aromatic heterocycles. The van der Waals surface area contributed by atoms with E-state index in [9.17, 15) is 29.1 Å². The number of phenolic OH excluding ortho intramolecular Hbond substituents is 1. The molecule has 0 aliphatic carbocycles. The van der Waals surface area contributed by atoms with Gasteiger partial charge in [0.25, 0.3) is 5.91 Å². The summed E-state index contributed by atoms with van der Waals surface area (Å²) in [7, 11) is 0. The van der Waals surface area contributed by atoms with Gasteiger partial charge in [0.1, 0.15) is 12.2 Å². The lowest BCUT2D eigenvalue weighted by atomic mass is 9.91. The Kier molecular flexibility index (Phi) is 12.2. The minimum absolute atomic E-state index is 0.000304. The van der Waals surface area contributed by atoms with E-state index in [1.54, 1.807) is 6.92 Å². The molecule has 0 saturated carbocycles. The van der Waals surface area contributed by atoms with Crippen LogP contribution in [0.15, 0.2) is 18.2 Å². The van der Waals surface area contributed by atoms with Crippen LogP contribution in [0.3, 0.4) is 0 Å². The number of benzene rings is 1. The summed E-state index contributed by atoms with van der Waals surface area (Å²) < 4.78 is 17.0. The van der Waals surface area contributed by atoms with Crippen molar-refractivity contribution < 1.29 is 43.3 Å². The number of amides is 2. The Morgan fingerprint density at radius 2 is 1.77 bits per heavy atom. The van der Waals surface area contributed by atoms with Crippen LogP contribution >= 0.6 is 0 Å². The van der Waals surface area contributed by atoms with Crippen molar-refractivity contribution in [1.82, 2.24) is 5.32 Å². The molecule has 1 fully saturated rings. The fraction of sp³-hybridized carbons (Fsp3) is 0.607. The molecule has 11 nitrogen and oxygen atoms in total. The van der Waals surface area contributed by atoms with Crippen LogP contribution in [-0.2, 0) is 33.4 Å². The normalized spacial score (nSPS) is 24.2. The molecule has 1 saturated heterocycles. The zero-order chi connectivity index (χ0) is 29.1.